The summed E-state index contributed by atoms with van der Waals surface area (Å²) in [4.78, 5) is 18.7. The summed E-state index contributed by atoms with van der Waals surface area (Å²) in [6.07, 6.45) is 9.00. The number of rotatable bonds is 5. The average Bonchev–Trinajstić information content (AvgIpc) is 3.16. The first-order chi connectivity index (χ1) is 12.6. The molecule has 0 radical (unpaired) electrons. The predicted octanol–water partition coefficient (Wildman–Crippen LogP) is 2.80. The van der Waals surface area contributed by atoms with Crippen LogP contribution in [0, 0.1) is 17.7 Å². The number of carbonyl (C=O) groups excluding carboxylic acids is 1. The van der Waals surface area contributed by atoms with E-state index in [1.165, 1.54) is 12.1 Å². The highest BCUT2D eigenvalue weighted by Crippen LogP contribution is 2.40. The molecule has 2 heterocycles. The van der Waals surface area contributed by atoms with E-state index in [9.17, 15) is 14.3 Å². The maximum Gasteiger partial charge on any atom is 0.176 e. The zero-order chi connectivity index (χ0) is 18.1. The zero-order valence-corrected chi connectivity index (χ0v) is 14.6. The minimum atomic E-state index is -0.754. The van der Waals surface area contributed by atoms with Crippen LogP contribution < -0.4 is 0 Å². The van der Waals surface area contributed by atoms with Crippen molar-refractivity contribution < 1.29 is 19.0 Å². The van der Waals surface area contributed by atoms with Crippen LogP contribution in [0.15, 0.2) is 35.5 Å². The van der Waals surface area contributed by atoms with Crippen LogP contribution in [0.1, 0.15) is 29.6 Å². The Hall–Kier alpha value is -2.05. The number of fused-ring (bicyclic) bond motifs is 1. The van der Waals surface area contributed by atoms with Crippen molar-refractivity contribution in [2.45, 2.75) is 31.5 Å². The van der Waals surface area contributed by atoms with E-state index in [4.69, 9.17) is 4.74 Å². The third-order valence-corrected chi connectivity index (χ3v) is 5.60. The Kier molecular flexibility index (Phi) is 4.87. The highest BCUT2D eigenvalue weighted by Gasteiger charge is 2.42. The molecule has 0 bridgehead atoms. The normalized spacial score (nSPS) is 30.7. The van der Waals surface area contributed by atoms with E-state index >= 15 is 0 Å². The zero-order valence-electron chi connectivity index (χ0n) is 14.6. The van der Waals surface area contributed by atoms with Gasteiger partial charge >= 0.3 is 0 Å². The molecule has 0 amide bonds. The Balaban J connectivity index is 1.27. The van der Waals surface area contributed by atoms with Crippen LogP contribution in [-0.2, 0) is 4.74 Å². The number of carbonyl (C=O) groups is 1. The standard InChI is InChI=1S/C20H23FN2O3/c21-18-8-13(3-4-19(18)24)20(25)12-23-10-14-6-17(7-15(14)11-23)26-16-2-1-5-22-9-16/h1,3-5,8-9,14-17,24H,2,6-7,10-12H2/t14-,15?,16?,17?/m1/s1. The van der Waals surface area contributed by atoms with E-state index in [-0.39, 0.29) is 18.0 Å². The molecule has 3 unspecified atom stereocenters. The van der Waals surface area contributed by atoms with Gasteiger partial charge in [-0.05, 0) is 49.3 Å². The third kappa shape index (κ3) is 3.71. The molecular formula is C20H23FN2O3. The lowest BCUT2D eigenvalue weighted by atomic mass is 10.0. The molecule has 2 fully saturated rings. The molecule has 4 atom stereocenters. The SMILES string of the molecule is O=C(CN1CC2CC(OC3C=NC=CC3)C[C@@H]2C1)c1ccc(O)c(F)c1. The van der Waals surface area contributed by atoms with Crippen LogP contribution in [0.2, 0.25) is 0 Å². The molecule has 1 aromatic carbocycles. The van der Waals surface area contributed by atoms with Crippen molar-refractivity contribution in [2.24, 2.45) is 16.8 Å². The lowest BCUT2D eigenvalue weighted by Crippen LogP contribution is -2.30. The highest BCUT2D eigenvalue weighted by molar-refractivity contribution is 5.97. The Morgan fingerprint density at radius 3 is 2.73 bits per heavy atom. The summed E-state index contributed by atoms with van der Waals surface area (Å²) >= 11 is 0. The molecule has 6 heteroatoms. The summed E-state index contributed by atoms with van der Waals surface area (Å²) in [5.41, 5.74) is 0.309. The molecule has 0 aromatic heterocycles. The Labute approximate surface area is 152 Å². The molecule has 138 valence electrons. The largest absolute Gasteiger partial charge is 0.505 e. The fourth-order valence-electron chi connectivity index (χ4n) is 4.36. The minimum Gasteiger partial charge on any atom is -0.505 e. The second-order valence-corrected chi connectivity index (χ2v) is 7.49. The molecule has 0 spiro atoms. The minimum absolute atomic E-state index is 0.0888. The molecule has 1 aliphatic carbocycles. The number of phenols is 1. The first kappa shape index (κ1) is 17.4. The van der Waals surface area contributed by atoms with Crippen molar-refractivity contribution in [1.29, 1.82) is 0 Å². The van der Waals surface area contributed by atoms with Crippen molar-refractivity contribution in [2.75, 3.05) is 19.6 Å². The summed E-state index contributed by atoms with van der Waals surface area (Å²) in [5, 5.41) is 9.24. The Morgan fingerprint density at radius 1 is 1.31 bits per heavy atom. The highest BCUT2D eigenvalue weighted by atomic mass is 19.1. The summed E-state index contributed by atoms with van der Waals surface area (Å²) in [5.74, 6) is -0.181. The smallest absolute Gasteiger partial charge is 0.176 e. The van der Waals surface area contributed by atoms with Crippen LogP contribution in [0.5, 0.6) is 5.75 Å². The summed E-state index contributed by atoms with van der Waals surface area (Å²) < 4.78 is 19.6. The van der Waals surface area contributed by atoms with Gasteiger partial charge in [0.15, 0.2) is 17.3 Å². The first-order valence-corrected chi connectivity index (χ1v) is 9.16. The monoisotopic (exact) mass is 358 g/mol. The summed E-state index contributed by atoms with van der Waals surface area (Å²) in [7, 11) is 0. The van der Waals surface area contributed by atoms with E-state index in [1.807, 2.05) is 12.3 Å². The Morgan fingerprint density at radius 2 is 2.08 bits per heavy atom. The third-order valence-electron chi connectivity index (χ3n) is 5.60. The number of ether oxygens (including phenoxy) is 1. The fourth-order valence-corrected chi connectivity index (χ4v) is 4.36. The molecule has 3 aliphatic rings. The molecule has 1 saturated heterocycles. The van der Waals surface area contributed by atoms with Crippen molar-refractivity contribution in [3.05, 3.63) is 41.9 Å². The van der Waals surface area contributed by atoms with Gasteiger partial charge in [0.2, 0.25) is 0 Å². The lowest BCUT2D eigenvalue weighted by molar-refractivity contribution is 0.0244. The molecular weight excluding hydrogens is 335 g/mol. The summed E-state index contributed by atoms with van der Waals surface area (Å²) in [6.45, 7) is 2.06. The number of likely N-dealkylation sites (tertiary alicyclic amines) is 1. The van der Waals surface area contributed by atoms with Crippen LogP contribution >= 0.6 is 0 Å². The van der Waals surface area contributed by atoms with Gasteiger partial charge < -0.3 is 9.84 Å². The van der Waals surface area contributed by atoms with Crippen LogP contribution in [0.3, 0.4) is 0 Å². The van der Waals surface area contributed by atoms with E-state index in [0.717, 1.165) is 38.4 Å². The van der Waals surface area contributed by atoms with E-state index < -0.39 is 11.6 Å². The van der Waals surface area contributed by atoms with Crippen LogP contribution in [0.25, 0.3) is 0 Å². The predicted molar refractivity (Wildman–Crippen MR) is 96.0 cm³/mol. The number of aromatic hydroxyl groups is 1. The van der Waals surface area contributed by atoms with Gasteiger partial charge in [0.1, 0.15) is 0 Å². The van der Waals surface area contributed by atoms with E-state index in [1.54, 1.807) is 6.20 Å². The molecule has 1 saturated carbocycles. The molecule has 5 nitrogen and oxygen atoms in total. The molecule has 2 aliphatic heterocycles. The summed E-state index contributed by atoms with van der Waals surface area (Å²) in [6, 6.07) is 3.81. The van der Waals surface area contributed by atoms with Gasteiger partial charge in [-0.15, -0.1) is 0 Å². The number of benzene rings is 1. The maximum atomic E-state index is 13.4. The number of Topliss-reactive ketones (excluding diaryl/α,β-unsaturated/α-hetero) is 1. The Bertz CT molecular complexity index is 735. The van der Waals surface area contributed by atoms with E-state index in [2.05, 4.69) is 9.89 Å². The average molecular weight is 358 g/mol. The topological polar surface area (TPSA) is 62.1 Å². The van der Waals surface area contributed by atoms with Crippen molar-refractivity contribution in [3.63, 3.8) is 0 Å². The van der Waals surface area contributed by atoms with Gasteiger partial charge in [0.25, 0.3) is 0 Å². The van der Waals surface area contributed by atoms with Gasteiger partial charge in [0, 0.05) is 31.1 Å². The van der Waals surface area contributed by atoms with Gasteiger partial charge in [-0.3, -0.25) is 14.7 Å². The number of halogens is 1. The second kappa shape index (κ2) is 7.29. The maximum absolute atomic E-state index is 13.4. The number of aliphatic imine (C=N–C) groups is 1. The van der Waals surface area contributed by atoms with Crippen molar-refractivity contribution >= 4 is 12.0 Å². The second-order valence-electron chi connectivity index (χ2n) is 7.49. The number of nitrogens with zero attached hydrogens (tertiary/aromatic N) is 2. The van der Waals surface area contributed by atoms with Crippen molar-refractivity contribution in [1.82, 2.24) is 4.90 Å². The number of ketones is 1. The molecule has 1 aromatic rings. The van der Waals surface area contributed by atoms with Gasteiger partial charge in [0.05, 0.1) is 18.8 Å². The van der Waals surface area contributed by atoms with Crippen LogP contribution in [-0.4, -0.2) is 53.8 Å². The first-order valence-electron chi connectivity index (χ1n) is 9.16. The van der Waals surface area contributed by atoms with Crippen molar-refractivity contribution in [3.8, 4) is 5.75 Å². The number of phenolic OH excluding ortho intramolecular Hbond substituents is 1. The molecule has 26 heavy (non-hydrogen) atoms. The molecule has 1 N–H and O–H groups in total. The van der Waals surface area contributed by atoms with Crippen LogP contribution in [0.4, 0.5) is 4.39 Å². The lowest BCUT2D eigenvalue weighted by Gasteiger charge is -2.22. The quantitative estimate of drug-likeness (QED) is 0.822. The molecule has 4 rings (SSSR count). The van der Waals surface area contributed by atoms with E-state index in [0.29, 0.717) is 23.9 Å². The number of hydrogen-bond acceptors (Lipinski definition) is 5. The van der Waals surface area contributed by atoms with Gasteiger partial charge in [-0.25, -0.2) is 4.39 Å². The fraction of sp³-hybridized carbons (Fsp3) is 0.500. The van der Waals surface area contributed by atoms with Gasteiger partial charge in [-0.2, -0.15) is 0 Å². The van der Waals surface area contributed by atoms with Gasteiger partial charge in [-0.1, -0.05) is 6.08 Å². The number of hydrogen-bond donors (Lipinski definition) is 1.